The van der Waals surface area contributed by atoms with E-state index in [1.165, 1.54) is 12.1 Å². The van der Waals surface area contributed by atoms with Crippen molar-refractivity contribution in [1.29, 1.82) is 0 Å². The lowest BCUT2D eigenvalue weighted by Gasteiger charge is -2.07. The number of aryl methyl sites for hydroxylation is 1. The molecule has 0 unspecified atom stereocenters. The third-order valence-corrected chi connectivity index (χ3v) is 3.06. The van der Waals surface area contributed by atoms with Crippen LogP contribution in [-0.2, 0) is 0 Å². The SMILES string of the molecule is Cc1cc(Oc2ncc(Br)cc2Cl)ccc1[N+](=O)[O-]. The van der Waals surface area contributed by atoms with Crippen molar-refractivity contribution in [2.24, 2.45) is 0 Å². The number of hydrogen-bond acceptors (Lipinski definition) is 4. The van der Waals surface area contributed by atoms with E-state index >= 15 is 0 Å². The Bertz CT molecular complexity index is 649. The lowest BCUT2D eigenvalue weighted by atomic mass is 10.2. The molecule has 0 amide bonds. The number of nitro groups is 1. The van der Waals surface area contributed by atoms with E-state index in [0.717, 1.165) is 4.47 Å². The summed E-state index contributed by atoms with van der Waals surface area (Å²) in [6.45, 7) is 1.64. The van der Waals surface area contributed by atoms with E-state index in [1.807, 2.05) is 0 Å². The highest BCUT2D eigenvalue weighted by atomic mass is 79.9. The fourth-order valence-electron chi connectivity index (χ4n) is 1.49. The molecule has 0 radical (unpaired) electrons. The van der Waals surface area contributed by atoms with Crippen LogP contribution >= 0.6 is 27.5 Å². The van der Waals surface area contributed by atoms with Gasteiger partial charge in [0, 0.05) is 22.3 Å². The lowest BCUT2D eigenvalue weighted by Crippen LogP contribution is -1.93. The highest BCUT2D eigenvalue weighted by molar-refractivity contribution is 9.10. The van der Waals surface area contributed by atoms with Crippen LogP contribution in [0.2, 0.25) is 5.02 Å². The van der Waals surface area contributed by atoms with Crippen LogP contribution in [0.1, 0.15) is 5.56 Å². The second-order valence-electron chi connectivity index (χ2n) is 3.75. The Hall–Kier alpha value is -1.66. The zero-order valence-electron chi connectivity index (χ0n) is 9.76. The molecule has 2 aromatic rings. The summed E-state index contributed by atoms with van der Waals surface area (Å²) in [7, 11) is 0. The van der Waals surface area contributed by atoms with Gasteiger partial charge >= 0.3 is 0 Å². The molecule has 0 fully saturated rings. The monoisotopic (exact) mass is 342 g/mol. The largest absolute Gasteiger partial charge is 0.438 e. The first-order chi connectivity index (χ1) is 8.97. The van der Waals surface area contributed by atoms with Gasteiger partial charge in [0.05, 0.1) is 4.92 Å². The summed E-state index contributed by atoms with van der Waals surface area (Å²) in [5.41, 5.74) is 0.554. The zero-order valence-corrected chi connectivity index (χ0v) is 12.1. The van der Waals surface area contributed by atoms with Gasteiger partial charge in [-0.05, 0) is 41.1 Å². The van der Waals surface area contributed by atoms with Gasteiger partial charge in [-0.15, -0.1) is 0 Å². The highest BCUT2D eigenvalue weighted by Crippen LogP contribution is 2.31. The summed E-state index contributed by atoms with van der Waals surface area (Å²) >= 11 is 9.22. The average molecular weight is 344 g/mol. The Morgan fingerprint density at radius 1 is 1.42 bits per heavy atom. The molecule has 0 saturated carbocycles. The predicted octanol–water partition coefficient (Wildman–Crippen LogP) is 4.51. The quantitative estimate of drug-likeness (QED) is 0.607. The Morgan fingerprint density at radius 2 is 2.16 bits per heavy atom. The van der Waals surface area contributed by atoms with E-state index in [4.69, 9.17) is 16.3 Å². The fourth-order valence-corrected chi connectivity index (χ4v) is 2.15. The van der Waals surface area contributed by atoms with Gasteiger partial charge in [-0.2, -0.15) is 0 Å². The Kier molecular flexibility index (Phi) is 4.01. The normalized spacial score (nSPS) is 10.3. The van der Waals surface area contributed by atoms with Crippen LogP contribution in [-0.4, -0.2) is 9.91 Å². The number of rotatable bonds is 3. The van der Waals surface area contributed by atoms with Crippen molar-refractivity contribution in [2.75, 3.05) is 0 Å². The van der Waals surface area contributed by atoms with Crippen LogP contribution in [0.15, 0.2) is 34.9 Å². The summed E-state index contributed by atoms with van der Waals surface area (Å²) in [6, 6.07) is 6.11. The van der Waals surface area contributed by atoms with Crippen molar-refractivity contribution in [3.8, 4) is 11.6 Å². The van der Waals surface area contributed by atoms with Crippen molar-refractivity contribution >= 4 is 33.2 Å². The number of benzene rings is 1. The molecular formula is C12H8BrClN2O3. The van der Waals surface area contributed by atoms with Gasteiger partial charge < -0.3 is 4.74 Å². The number of ether oxygens (including phenoxy) is 1. The summed E-state index contributed by atoms with van der Waals surface area (Å²) < 4.78 is 6.23. The number of pyridine rings is 1. The van der Waals surface area contributed by atoms with E-state index in [0.29, 0.717) is 16.3 Å². The molecule has 0 bridgehead atoms. The van der Waals surface area contributed by atoms with E-state index in [2.05, 4.69) is 20.9 Å². The molecule has 0 atom stereocenters. The first kappa shape index (κ1) is 13.8. The topological polar surface area (TPSA) is 65.3 Å². The van der Waals surface area contributed by atoms with E-state index in [-0.39, 0.29) is 11.6 Å². The molecule has 2 rings (SSSR count). The summed E-state index contributed by atoms with van der Waals surface area (Å²) in [5.74, 6) is 0.693. The fraction of sp³-hybridized carbons (Fsp3) is 0.0833. The molecule has 0 aliphatic carbocycles. The van der Waals surface area contributed by atoms with Crippen molar-refractivity contribution in [1.82, 2.24) is 4.98 Å². The Morgan fingerprint density at radius 3 is 2.74 bits per heavy atom. The van der Waals surface area contributed by atoms with E-state index in [9.17, 15) is 10.1 Å². The molecular weight excluding hydrogens is 336 g/mol. The molecule has 1 aromatic heterocycles. The van der Waals surface area contributed by atoms with Crippen molar-refractivity contribution in [3.63, 3.8) is 0 Å². The van der Waals surface area contributed by atoms with Crippen LogP contribution in [0.3, 0.4) is 0 Å². The molecule has 0 aliphatic rings. The molecule has 0 N–H and O–H groups in total. The van der Waals surface area contributed by atoms with Gasteiger partial charge in [0.25, 0.3) is 5.69 Å². The van der Waals surface area contributed by atoms with Crippen molar-refractivity contribution in [2.45, 2.75) is 6.92 Å². The van der Waals surface area contributed by atoms with Crippen LogP contribution < -0.4 is 4.74 Å². The maximum atomic E-state index is 10.7. The molecule has 0 saturated heterocycles. The second-order valence-corrected chi connectivity index (χ2v) is 5.07. The number of aromatic nitrogens is 1. The second kappa shape index (κ2) is 5.54. The molecule has 98 valence electrons. The predicted molar refractivity (Wildman–Crippen MR) is 74.9 cm³/mol. The zero-order chi connectivity index (χ0) is 14.0. The van der Waals surface area contributed by atoms with Crippen molar-refractivity contribution < 1.29 is 9.66 Å². The third-order valence-electron chi connectivity index (χ3n) is 2.35. The first-order valence-corrected chi connectivity index (χ1v) is 6.38. The third kappa shape index (κ3) is 3.21. The molecule has 1 aromatic carbocycles. The van der Waals surface area contributed by atoms with Crippen LogP contribution in [0.4, 0.5) is 5.69 Å². The molecule has 0 spiro atoms. The molecule has 1 heterocycles. The van der Waals surface area contributed by atoms with E-state index in [1.54, 1.807) is 25.3 Å². The van der Waals surface area contributed by atoms with Crippen molar-refractivity contribution in [3.05, 3.63) is 55.6 Å². The number of nitrogens with zero attached hydrogens (tertiary/aromatic N) is 2. The number of halogens is 2. The van der Waals surface area contributed by atoms with Gasteiger partial charge in [-0.3, -0.25) is 10.1 Å². The molecule has 19 heavy (non-hydrogen) atoms. The minimum atomic E-state index is -0.441. The van der Waals surface area contributed by atoms with Gasteiger partial charge in [0.15, 0.2) is 0 Å². The maximum absolute atomic E-state index is 10.7. The minimum Gasteiger partial charge on any atom is -0.438 e. The van der Waals surface area contributed by atoms with Crippen LogP contribution in [0.5, 0.6) is 11.6 Å². The molecule has 5 nitrogen and oxygen atoms in total. The van der Waals surface area contributed by atoms with Gasteiger partial charge in [0.2, 0.25) is 5.88 Å². The standard InChI is InChI=1S/C12H8BrClN2O3/c1-7-4-9(2-3-11(7)16(17)18)19-12-10(14)5-8(13)6-15-12/h2-6H,1H3. The Balaban J connectivity index is 2.29. The molecule has 7 heteroatoms. The van der Waals surface area contributed by atoms with Crippen LogP contribution in [0.25, 0.3) is 0 Å². The first-order valence-electron chi connectivity index (χ1n) is 5.21. The summed E-state index contributed by atoms with van der Waals surface area (Å²) in [6.07, 6.45) is 1.56. The average Bonchev–Trinajstić information content (AvgIpc) is 2.32. The van der Waals surface area contributed by atoms with Gasteiger partial charge in [-0.1, -0.05) is 11.6 Å². The summed E-state index contributed by atoms with van der Waals surface area (Å²) in [5, 5.41) is 11.1. The molecule has 0 aliphatic heterocycles. The minimum absolute atomic E-state index is 0.0437. The van der Waals surface area contributed by atoms with Gasteiger partial charge in [0.1, 0.15) is 10.8 Å². The van der Waals surface area contributed by atoms with E-state index < -0.39 is 4.92 Å². The number of hydrogen-bond donors (Lipinski definition) is 0. The smallest absolute Gasteiger partial charge is 0.272 e. The highest BCUT2D eigenvalue weighted by Gasteiger charge is 2.12. The van der Waals surface area contributed by atoms with Gasteiger partial charge in [-0.25, -0.2) is 4.98 Å². The summed E-state index contributed by atoms with van der Waals surface area (Å²) in [4.78, 5) is 14.3. The Labute approximate surface area is 122 Å². The lowest BCUT2D eigenvalue weighted by molar-refractivity contribution is -0.385. The number of nitro benzene ring substituents is 1. The van der Waals surface area contributed by atoms with Crippen LogP contribution in [0, 0.1) is 17.0 Å². The maximum Gasteiger partial charge on any atom is 0.272 e.